The van der Waals surface area contributed by atoms with Crippen LogP contribution in [0.2, 0.25) is 0 Å². The highest BCUT2D eigenvalue weighted by Crippen LogP contribution is 2.30. The first kappa shape index (κ1) is 21.1. The number of hydrogen-bond acceptors (Lipinski definition) is 7. The number of anilines is 1. The van der Waals surface area contributed by atoms with Crippen LogP contribution in [0.3, 0.4) is 0 Å². The number of nitrogens with zero attached hydrogens (tertiary/aromatic N) is 1. The second kappa shape index (κ2) is 9.66. The molecule has 0 saturated heterocycles. The van der Waals surface area contributed by atoms with E-state index in [1.54, 1.807) is 18.4 Å². The van der Waals surface area contributed by atoms with Crippen LogP contribution >= 0.6 is 11.3 Å². The molecule has 2 aromatic rings. The van der Waals surface area contributed by atoms with E-state index in [9.17, 15) is 18.4 Å². The van der Waals surface area contributed by atoms with Gasteiger partial charge in [0.25, 0.3) is 5.91 Å². The number of alkyl halides is 2. The minimum atomic E-state index is -3.05. The quantitative estimate of drug-likeness (QED) is 0.665. The van der Waals surface area contributed by atoms with Crippen molar-refractivity contribution in [3.63, 3.8) is 0 Å². The molecule has 1 aromatic carbocycles. The van der Waals surface area contributed by atoms with E-state index in [0.717, 1.165) is 17.4 Å². The summed E-state index contributed by atoms with van der Waals surface area (Å²) in [7, 11) is 0. The van der Waals surface area contributed by atoms with E-state index in [4.69, 9.17) is 14.7 Å². The van der Waals surface area contributed by atoms with Gasteiger partial charge in [0.1, 0.15) is 11.1 Å². The lowest BCUT2D eigenvalue weighted by molar-refractivity contribution is -0.123. The van der Waals surface area contributed by atoms with E-state index in [1.807, 2.05) is 6.07 Å². The van der Waals surface area contributed by atoms with Crippen molar-refractivity contribution < 1.29 is 32.6 Å². The Bertz CT molecular complexity index is 894. The Kier molecular flexibility index (Phi) is 7.28. The second-order valence-electron chi connectivity index (χ2n) is 5.29. The Hall–Kier alpha value is -3.19. The van der Waals surface area contributed by atoms with Crippen molar-refractivity contribution in [2.75, 3.05) is 11.9 Å². The smallest absolute Gasteiger partial charge is 0.387 e. The number of ether oxygens (including phenoxy) is 3. The van der Waals surface area contributed by atoms with E-state index >= 15 is 0 Å². The fourth-order valence-electron chi connectivity index (χ4n) is 2.09. The van der Waals surface area contributed by atoms with Crippen molar-refractivity contribution in [2.24, 2.45) is 0 Å². The van der Waals surface area contributed by atoms with E-state index in [1.165, 1.54) is 19.1 Å². The van der Waals surface area contributed by atoms with Crippen LogP contribution in [0.1, 0.15) is 29.8 Å². The van der Waals surface area contributed by atoms with Crippen LogP contribution < -0.4 is 14.8 Å². The topological polar surface area (TPSA) is 97.6 Å². The predicted octanol–water partition coefficient (Wildman–Crippen LogP) is 3.80. The highest BCUT2D eigenvalue weighted by molar-refractivity contribution is 7.14. The van der Waals surface area contributed by atoms with Crippen molar-refractivity contribution >= 4 is 28.2 Å². The summed E-state index contributed by atoms with van der Waals surface area (Å²) < 4.78 is 39.5. The van der Waals surface area contributed by atoms with Gasteiger partial charge in [0.2, 0.25) is 0 Å². The lowest BCUT2D eigenvalue weighted by Crippen LogP contribution is -2.30. The molecule has 0 aliphatic carbocycles. The lowest BCUT2D eigenvalue weighted by atomic mass is 10.2. The van der Waals surface area contributed by atoms with Gasteiger partial charge < -0.3 is 19.5 Å². The number of nitrogens with one attached hydrogen (secondary N) is 1. The van der Waals surface area contributed by atoms with Gasteiger partial charge in [-0.25, -0.2) is 4.79 Å². The second-order valence-corrected chi connectivity index (χ2v) is 6.20. The molecule has 1 heterocycles. The third-order valence-corrected chi connectivity index (χ3v) is 4.20. The van der Waals surface area contributed by atoms with Gasteiger partial charge in [-0.3, -0.25) is 4.79 Å². The van der Waals surface area contributed by atoms with E-state index in [-0.39, 0.29) is 23.7 Å². The Morgan fingerprint density at radius 3 is 2.68 bits per heavy atom. The maximum Gasteiger partial charge on any atom is 0.387 e. The predicted molar refractivity (Wildman–Crippen MR) is 96.8 cm³/mol. The van der Waals surface area contributed by atoms with Crippen LogP contribution in [0.4, 0.5) is 13.8 Å². The first-order valence-corrected chi connectivity index (χ1v) is 8.94. The summed E-state index contributed by atoms with van der Waals surface area (Å²) in [6.07, 6.45) is -1.16. The fraction of sp³-hybridized carbons (Fsp3) is 0.278. The summed E-state index contributed by atoms with van der Waals surface area (Å²) in [5.41, 5.74) is 0.298. The monoisotopic (exact) mass is 410 g/mol. The van der Waals surface area contributed by atoms with Crippen molar-refractivity contribution in [1.29, 1.82) is 5.26 Å². The highest BCUT2D eigenvalue weighted by Gasteiger charge is 2.22. The first-order chi connectivity index (χ1) is 13.3. The Morgan fingerprint density at radius 1 is 1.29 bits per heavy atom. The summed E-state index contributed by atoms with van der Waals surface area (Å²) in [5, 5.41) is 13.5. The Labute approximate surface area is 163 Å². The number of hydrogen-bond donors (Lipinski definition) is 1. The molecule has 1 atom stereocenters. The van der Waals surface area contributed by atoms with Gasteiger partial charge in [-0.15, -0.1) is 11.3 Å². The number of carbonyl (C=O) groups excluding carboxylic acids is 2. The van der Waals surface area contributed by atoms with Gasteiger partial charge in [0.15, 0.2) is 17.6 Å². The number of benzene rings is 1. The molecule has 0 spiro atoms. The minimum Gasteiger partial charge on any atom is -0.490 e. The molecule has 7 nitrogen and oxygen atoms in total. The van der Waals surface area contributed by atoms with Gasteiger partial charge in [0.05, 0.1) is 17.7 Å². The third-order valence-electron chi connectivity index (χ3n) is 3.37. The van der Waals surface area contributed by atoms with Crippen LogP contribution in [0.25, 0.3) is 0 Å². The first-order valence-electron chi connectivity index (χ1n) is 8.06. The van der Waals surface area contributed by atoms with Crippen LogP contribution in [-0.2, 0) is 9.53 Å². The standard InChI is InChI=1S/C18H16F2N2O5S/c1-3-25-14-8-11(4-5-13(14)27-18(19)20)17(24)26-10(2)15(23)22-16-12(9-21)6-7-28-16/h4-8,10,18H,3H2,1-2H3,(H,22,23)/t10-/m0/s1. The molecule has 0 fully saturated rings. The number of carbonyl (C=O) groups is 2. The maximum atomic E-state index is 12.4. The average molecular weight is 410 g/mol. The molecule has 1 amide bonds. The molecule has 2 rings (SSSR count). The largest absolute Gasteiger partial charge is 0.490 e. The number of amides is 1. The lowest BCUT2D eigenvalue weighted by Gasteiger charge is -2.15. The molecule has 0 aliphatic rings. The summed E-state index contributed by atoms with van der Waals surface area (Å²) in [5.74, 6) is -1.73. The van der Waals surface area contributed by atoms with Gasteiger partial charge in [-0.2, -0.15) is 14.0 Å². The molecule has 0 aliphatic heterocycles. The number of rotatable bonds is 8. The zero-order valence-electron chi connectivity index (χ0n) is 14.9. The molecule has 0 saturated carbocycles. The Morgan fingerprint density at radius 2 is 2.04 bits per heavy atom. The third kappa shape index (κ3) is 5.40. The molecule has 1 N–H and O–H groups in total. The van der Waals surface area contributed by atoms with Crippen LogP contribution in [-0.4, -0.2) is 31.2 Å². The summed E-state index contributed by atoms with van der Waals surface area (Å²) in [4.78, 5) is 24.4. The molecule has 148 valence electrons. The zero-order chi connectivity index (χ0) is 20.7. The average Bonchev–Trinajstić information content (AvgIpc) is 3.09. The normalized spacial score (nSPS) is 11.4. The SMILES string of the molecule is CCOc1cc(C(=O)O[C@@H](C)C(=O)Nc2sccc2C#N)ccc1OC(F)F. The zero-order valence-corrected chi connectivity index (χ0v) is 15.7. The molecule has 0 unspecified atom stereocenters. The summed E-state index contributed by atoms with van der Waals surface area (Å²) in [6.45, 7) is 0.129. The number of nitriles is 1. The fourth-order valence-corrected chi connectivity index (χ4v) is 2.83. The summed E-state index contributed by atoms with van der Waals surface area (Å²) in [6, 6.07) is 7.06. The van der Waals surface area contributed by atoms with Crippen LogP contribution in [0, 0.1) is 11.3 Å². The van der Waals surface area contributed by atoms with Gasteiger partial charge in [-0.1, -0.05) is 0 Å². The Balaban J connectivity index is 2.07. The highest BCUT2D eigenvalue weighted by atomic mass is 32.1. The van der Waals surface area contributed by atoms with Crippen molar-refractivity contribution in [3.05, 3.63) is 40.8 Å². The van der Waals surface area contributed by atoms with E-state index < -0.39 is 24.6 Å². The maximum absolute atomic E-state index is 12.4. The van der Waals surface area contributed by atoms with Crippen molar-refractivity contribution in [3.8, 4) is 17.6 Å². The minimum absolute atomic E-state index is 0.00134. The summed E-state index contributed by atoms with van der Waals surface area (Å²) >= 11 is 1.16. The number of esters is 1. The molecule has 0 bridgehead atoms. The van der Waals surface area contributed by atoms with Crippen molar-refractivity contribution in [2.45, 2.75) is 26.6 Å². The van der Waals surface area contributed by atoms with E-state index in [0.29, 0.717) is 10.6 Å². The molecule has 28 heavy (non-hydrogen) atoms. The van der Waals surface area contributed by atoms with Gasteiger partial charge in [-0.05, 0) is 43.5 Å². The molecule has 10 heteroatoms. The van der Waals surface area contributed by atoms with Crippen molar-refractivity contribution in [1.82, 2.24) is 0 Å². The van der Waals surface area contributed by atoms with E-state index in [2.05, 4.69) is 10.1 Å². The van der Waals surface area contributed by atoms with Gasteiger partial charge in [0, 0.05) is 0 Å². The van der Waals surface area contributed by atoms with Crippen LogP contribution in [0.15, 0.2) is 29.6 Å². The number of halogens is 2. The molecule has 0 radical (unpaired) electrons. The molecular weight excluding hydrogens is 394 g/mol. The van der Waals surface area contributed by atoms with Gasteiger partial charge >= 0.3 is 12.6 Å². The molecular formula is C18H16F2N2O5S. The molecule has 1 aromatic heterocycles. The number of thiophene rings is 1. The van der Waals surface area contributed by atoms with Crippen LogP contribution in [0.5, 0.6) is 11.5 Å².